The minimum absolute atomic E-state index is 0.145. The zero-order valence-corrected chi connectivity index (χ0v) is 13.1. The molecule has 116 valence electrons. The van der Waals surface area contributed by atoms with E-state index in [2.05, 4.69) is 36.1 Å². The lowest BCUT2D eigenvalue weighted by atomic mass is 9.93. The molecule has 0 amide bonds. The Morgan fingerprint density at radius 1 is 1.43 bits per heavy atom. The van der Waals surface area contributed by atoms with E-state index < -0.39 is 0 Å². The molecule has 0 saturated carbocycles. The molecule has 1 heterocycles. The second-order valence-corrected chi connectivity index (χ2v) is 6.21. The summed E-state index contributed by atoms with van der Waals surface area (Å²) < 4.78 is 0. The maximum atomic E-state index is 11.3. The predicted octanol–water partition coefficient (Wildman–Crippen LogP) is 3.02. The normalized spacial score (nSPS) is 20.3. The van der Waals surface area contributed by atoms with Crippen molar-refractivity contribution in [2.75, 3.05) is 24.5 Å². The Morgan fingerprint density at radius 3 is 2.95 bits per heavy atom. The van der Waals surface area contributed by atoms with Crippen molar-refractivity contribution in [2.45, 2.75) is 39.0 Å². The van der Waals surface area contributed by atoms with Crippen molar-refractivity contribution in [3.05, 3.63) is 29.8 Å². The number of rotatable bonds is 7. The molecule has 1 saturated heterocycles. The van der Waals surface area contributed by atoms with E-state index in [0.717, 1.165) is 45.2 Å². The van der Waals surface area contributed by atoms with Crippen molar-refractivity contribution in [3.8, 4) is 0 Å². The molecule has 0 spiro atoms. The van der Waals surface area contributed by atoms with Gasteiger partial charge in [0.1, 0.15) is 6.29 Å². The Morgan fingerprint density at radius 2 is 2.24 bits per heavy atom. The highest BCUT2D eigenvalue weighted by Crippen LogP contribution is 2.28. The zero-order chi connectivity index (χ0) is 15.1. The molecular weight excluding hydrogens is 260 g/mol. The molecule has 2 atom stereocenters. The summed E-state index contributed by atoms with van der Waals surface area (Å²) in [5.74, 6) is 0.746. The molecule has 2 N–H and O–H groups in total. The maximum absolute atomic E-state index is 11.3. The number of carbonyl (C=O) groups is 1. The predicted molar refractivity (Wildman–Crippen MR) is 88.6 cm³/mol. The second-order valence-electron chi connectivity index (χ2n) is 6.21. The number of aldehydes is 1. The Bertz CT molecular complexity index is 447. The van der Waals surface area contributed by atoms with Crippen LogP contribution in [0, 0.1) is 11.8 Å². The number of nitrogens with zero attached hydrogens (tertiary/aromatic N) is 1. The van der Waals surface area contributed by atoms with Gasteiger partial charge in [0.2, 0.25) is 0 Å². The van der Waals surface area contributed by atoms with Crippen LogP contribution in [0.4, 0.5) is 5.69 Å². The number of carbonyl (C=O) groups excluding carboxylic acids is 1. The van der Waals surface area contributed by atoms with Crippen molar-refractivity contribution in [3.63, 3.8) is 0 Å². The van der Waals surface area contributed by atoms with E-state index >= 15 is 0 Å². The summed E-state index contributed by atoms with van der Waals surface area (Å²) in [6.45, 7) is 5.06. The van der Waals surface area contributed by atoms with Crippen molar-refractivity contribution < 1.29 is 4.79 Å². The zero-order valence-electron chi connectivity index (χ0n) is 13.1. The van der Waals surface area contributed by atoms with Crippen molar-refractivity contribution in [1.82, 2.24) is 0 Å². The summed E-state index contributed by atoms with van der Waals surface area (Å²) in [7, 11) is 0. The molecule has 1 aromatic rings. The van der Waals surface area contributed by atoms with Crippen LogP contribution in [0.15, 0.2) is 24.3 Å². The van der Waals surface area contributed by atoms with Gasteiger partial charge >= 0.3 is 0 Å². The summed E-state index contributed by atoms with van der Waals surface area (Å²) in [5, 5.41) is 0. The van der Waals surface area contributed by atoms with Crippen LogP contribution in [0.1, 0.15) is 38.2 Å². The molecule has 3 heteroatoms. The number of piperidine rings is 1. The van der Waals surface area contributed by atoms with Gasteiger partial charge < -0.3 is 15.4 Å². The van der Waals surface area contributed by atoms with Gasteiger partial charge in [-0.1, -0.05) is 31.5 Å². The third kappa shape index (κ3) is 4.31. The van der Waals surface area contributed by atoms with Gasteiger partial charge in [0, 0.05) is 24.7 Å². The van der Waals surface area contributed by atoms with Crippen molar-refractivity contribution in [1.29, 1.82) is 0 Å². The summed E-state index contributed by atoms with van der Waals surface area (Å²) in [5.41, 5.74) is 8.46. The first kappa shape index (κ1) is 16.0. The Hall–Kier alpha value is -1.35. The fourth-order valence-electron chi connectivity index (χ4n) is 3.34. The van der Waals surface area contributed by atoms with Gasteiger partial charge in [-0.05, 0) is 49.8 Å². The smallest absolute Gasteiger partial charge is 0.123 e. The number of nitrogens with two attached hydrogens (primary N) is 1. The highest BCUT2D eigenvalue weighted by Gasteiger charge is 2.21. The fourth-order valence-corrected chi connectivity index (χ4v) is 3.34. The van der Waals surface area contributed by atoms with E-state index in [4.69, 9.17) is 5.73 Å². The number of benzene rings is 1. The molecule has 0 aliphatic carbocycles. The van der Waals surface area contributed by atoms with E-state index in [9.17, 15) is 4.79 Å². The van der Waals surface area contributed by atoms with E-state index in [1.807, 2.05) is 0 Å². The summed E-state index contributed by atoms with van der Waals surface area (Å²) >= 11 is 0. The number of hydrogen-bond acceptors (Lipinski definition) is 3. The summed E-state index contributed by atoms with van der Waals surface area (Å²) in [4.78, 5) is 13.7. The van der Waals surface area contributed by atoms with E-state index in [1.54, 1.807) is 0 Å². The summed E-state index contributed by atoms with van der Waals surface area (Å²) in [6.07, 6.45) is 6.47. The SMILES string of the molecule is CCCC(C=O)Cc1ccccc1N1CCCC(CN)C1. The topological polar surface area (TPSA) is 46.3 Å². The van der Waals surface area contributed by atoms with Gasteiger partial charge in [-0.15, -0.1) is 0 Å². The van der Waals surface area contributed by atoms with Crippen LogP contribution in [0.25, 0.3) is 0 Å². The first-order valence-electron chi connectivity index (χ1n) is 8.26. The molecule has 0 aromatic heterocycles. The van der Waals surface area contributed by atoms with Crippen LogP contribution in [-0.2, 0) is 11.2 Å². The van der Waals surface area contributed by atoms with Crippen molar-refractivity contribution in [2.24, 2.45) is 17.6 Å². The molecule has 2 unspecified atom stereocenters. The quantitative estimate of drug-likeness (QED) is 0.785. The standard InChI is InChI=1S/C18H28N2O/c1-2-6-15(14-21)11-17-8-3-4-9-18(17)20-10-5-7-16(12-19)13-20/h3-4,8-9,14-16H,2,5-7,10-13,19H2,1H3. The molecule has 0 bridgehead atoms. The lowest BCUT2D eigenvalue weighted by Gasteiger charge is -2.35. The minimum Gasteiger partial charge on any atom is -0.371 e. The van der Waals surface area contributed by atoms with Crippen LogP contribution in [0.2, 0.25) is 0 Å². The highest BCUT2D eigenvalue weighted by molar-refractivity contribution is 5.59. The molecule has 3 nitrogen and oxygen atoms in total. The van der Waals surface area contributed by atoms with E-state index in [0.29, 0.717) is 5.92 Å². The largest absolute Gasteiger partial charge is 0.371 e. The lowest BCUT2D eigenvalue weighted by Crippen LogP contribution is -2.38. The average Bonchev–Trinajstić information content (AvgIpc) is 2.55. The van der Waals surface area contributed by atoms with Crippen LogP contribution in [0.3, 0.4) is 0 Å². The molecule has 21 heavy (non-hydrogen) atoms. The molecule has 2 rings (SSSR count). The second kappa shape index (κ2) is 8.18. The van der Waals surface area contributed by atoms with Gasteiger partial charge in [0.25, 0.3) is 0 Å². The van der Waals surface area contributed by atoms with Crippen molar-refractivity contribution >= 4 is 12.0 Å². The number of anilines is 1. The molecule has 1 aromatic carbocycles. The maximum Gasteiger partial charge on any atom is 0.123 e. The molecule has 1 aliphatic heterocycles. The minimum atomic E-state index is 0.145. The third-order valence-corrected chi connectivity index (χ3v) is 4.52. The van der Waals surface area contributed by atoms with Crippen LogP contribution < -0.4 is 10.6 Å². The van der Waals surface area contributed by atoms with Gasteiger partial charge in [-0.2, -0.15) is 0 Å². The Balaban J connectivity index is 2.14. The lowest BCUT2D eigenvalue weighted by molar-refractivity contribution is -0.111. The fraction of sp³-hybridized carbons (Fsp3) is 0.611. The number of hydrogen-bond donors (Lipinski definition) is 1. The summed E-state index contributed by atoms with van der Waals surface area (Å²) in [6, 6.07) is 8.55. The average molecular weight is 288 g/mol. The Labute approximate surface area is 128 Å². The monoisotopic (exact) mass is 288 g/mol. The molecule has 1 aliphatic rings. The number of para-hydroxylation sites is 1. The van der Waals surface area contributed by atoms with Gasteiger partial charge in [-0.25, -0.2) is 0 Å². The first-order valence-corrected chi connectivity index (χ1v) is 8.26. The van der Waals surface area contributed by atoms with Gasteiger partial charge in [0.15, 0.2) is 0 Å². The molecular formula is C18H28N2O. The van der Waals surface area contributed by atoms with Crippen LogP contribution in [0.5, 0.6) is 0 Å². The highest BCUT2D eigenvalue weighted by atomic mass is 16.1. The Kier molecular flexibility index (Phi) is 6.24. The van der Waals surface area contributed by atoms with Crippen LogP contribution >= 0.6 is 0 Å². The molecule has 1 fully saturated rings. The molecule has 0 radical (unpaired) electrons. The first-order chi connectivity index (χ1) is 10.3. The van der Waals surface area contributed by atoms with E-state index in [-0.39, 0.29) is 5.92 Å². The van der Waals surface area contributed by atoms with Crippen LogP contribution in [-0.4, -0.2) is 25.9 Å². The third-order valence-electron chi connectivity index (χ3n) is 4.52. The van der Waals surface area contributed by atoms with E-state index in [1.165, 1.54) is 24.1 Å². The van der Waals surface area contributed by atoms with Gasteiger partial charge in [-0.3, -0.25) is 0 Å². The van der Waals surface area contributed by atoms with Gasteiger partial charge in [0.05, 0.1) is 0 Å².